The number of aliphatic carboxylic acids is 1. The molecule has 1 aliphatic rings. The molecule has 0 aliphatic heterocycles. The van der Waals surface area contributed by atoms with E-state index in [4.69, 9.17) is 10.2 Å². The molecule has 0 heterocycles. The third-order valence-electron chi connectivity index (χ3n) is 2.74. The van der Waals surface area contributed by atoms with Gasteiger partial charge in [0, 0.05) is 6.54 Å². The number of carboxylic acid groups (broad SMARTS) is 1. The molecule has 86 valence electrons. The van der Waals surface area contributed by atoms with Crippen molar-refractivity contribution in [1.29, 1.82) is 0 Å². The fraction of sp³-hybridized carbons (Fsp3) is 0.800. The molecular formula is C10H17NO4. The maximum absolute atomic E-state index is 11.6. The van der Waals surface area contributed by atoms with Crippen LogP contribution in [0.25, 0.3) is 0 Å². The SMILES string of the molecule is CC(O)CNC(=O)[C@@H]1CCC[C@@H]1C(=O)O. The van der Waals surface area contributed by atoms with Gasteiger partial charge in [-0.05, 0) is 19.8 Å². The summed E-state index contributed by atoms with van der Waals surface area (Å²) in [5.41, 5.74) is 0. The van der Waals surface area contributed by atoms with E-state index in [9.17, 15) is 9.59 Å². The molecule has 1 fully saturated rings. The maximum atomic E-state index is 11.6. The zero-order valence-electron chi connectivity index (χ0n) is 8.77. The highest BCUT2D eigenvalue weighted by Crippen LogP contribution is 2.31. The van der Waals surface area contributed by atoms with Crippen LogP contribution in [0, 0.1) is 11.8 Å². The standard InChI is InChI=1S/C10H17NO4/c1-6(12)5-11-9(13)7-3-2-4-8(7)10(14)15/h6-8,12H,2-5H2,1H3,(H,11,13)(H,14,15)/t6?,7-,8+/m1/s1. The van der Waals surface area contributed by atoms with Crippen LogP contribution in [0.5, 0.6) is 0 Å². The van der Waals surface area contributed by atoms with E-state index in [0.29, 0.717) is 12.8 Å². The molecule has 1 unspecified atom stereocenters. The van der Waals surface area contributed by atoms with Crippen LogP contribution >= 0.6 is 0 Å². The fourth-order valence-corrected chi connectivity index (χ4v) is 1.95. The molecule has 0 radical (unpaired) electrons. The van der Waals surface area contributed by atoms with E-state index < -0.39 is 23.9 Å². The van der Waals surface area contributed by atoms with E-state index in [1.807, 2.05) is 0 Å². The number of carbonyl (C=O) groups is 2. The Hall–Kier alpha value is -1.10. The predicted octanol–water partition coefficient (Wildman–Crippen LogP) is -0.0157. The minimum absolute atomic E-state index is 0.182. The van der Waals surface area contributed by atoms with Gasteiger partial charge in [0.25, 0.3) is 0 Å². The number of carboxylic acids is 1. The summed E-state index contributed by atoms with van der Waals surface area (Å²) < 4.78 is 0. The van der Waals surface area contributed by atoms with E-state index in [0.717, 1.165) is 6.42 Å². The highest BCUT2D eigenvalue weighted by atomic mass is 16.4. The lowest BCUT2D eigenvalue weighted by Gasteiger charge is -2.16. The van der Waals surface area contributed by atoms with Gasteiger partial charge in [0.2, 0.25) is 5.91 Å². The van der Waals surface area contributed by atoms with E-state index in [1.54, 1.807) is 6.92 Å². The minimum atomic E-state index is -0.898. The quantitative estimate of drug-likeness (QED) is 0.615. The van der Waals surface area contributed by atoms with Crippen LogP contribution in [-0.4, -0.2) is 34.7 Å². The van der Waals surface area contributed by atoms with Crippen LogP contribution < -0.4 is 5.32 Å². The Kier molecular flexibility index (Phi) is 4.08. The van der Waals surface area contributed by atoms with Crippen molar-refractivity contribution in [2.45, 2.75) is 32.3 Å². The molecule has 5 heteroatoms. The fourth-order valence-electron chi connectivity index (χ4n) is 1.95. The van der Waals surface area contributed by atoms with Crippen molar-refractivity contribution in [3.05, 3.63) is 0 Å². The summed E-state index contributed by atoms with van der Waals surface area (Å²) in [7, 11) is 0. The molecule has 5 nitrogen and oxygen atoms in total. The molecule has 3 atom stereocenters. The molecule has 1 amide bonds. The highest BCUT2D eigenvalue weighted by molar-refractivity contribution is 5.85. The summed E-state index contributed by atoms with van der Waals surface area (Å²) in [6.45, 7) is 1.76. The molecule has 0 bridgehead atoms. The Morgan fingerprint density at radius 3 is 2.53 bits per heavy atom. The van der Waals surface area contributed by atoms with Crippen molar-refractivity contribution < 1.29 is 19.8 Å². The first kappa shape index (κ1) is 12.0. The molecule has 0 spiro atoms. The highest BCUT2D eigenvalue weighted by Gasteiger charge is 2.37. The van der Waals surface area contributed by atoms with Gasteiger partial charge in [-0.3, -0.25) is 9.59 Å². The second-order valence-corrected chi connectivity index (χ2v) is 4.08. The number of hydrogen-bond acceptors (Lipinski definition) is 3. The molecule has 0 aromatic rings. The number of amides is 1. The summed E-state index contributed by atoms with van der Waals surface area (Å²) >= 11 is 0. The number of carbonyl (C=O) groups excluding carboxylic acids is 1. The predicted molar refractivity (Wildman–Crippen MR) is 53.2 cm³/mol. The van der Waals surface area contributed by atoms with Crippen molar-refractivity contribution in [3.63, 3.8) is 0 Å². The number of hydrogen-bond donors (Lipinski definition) is 3. The topological polar surface area (TPSA) is 86.6 Å². The second kappa shape index (κ2) is 5.11. The Balaban J connectivity index is 2.47. The van der Waals surface area contributed by atoms with Crippen LogP contribution in [0.15, 0.2) is 0 Å². The van der Waals surface area contributed by atoms with Gasteiger partial charge in [-0.2, -0.15) is 0 Å². The minimum Gasteiger partial charge on any atom is -0.481 e. The first-order valence-electron chi connectivity index (χ1n) is 5.21. The summed E-state index contributed by atoms with van der Waals surface area (Å²) in [6, 6.07) is 0. The first-order chi connectivity index (χ1) is 7.02. The number of aliphatic hydroxyl groups is 1. The number of rotatable bonds is 4. The lowest BCUT2D eigenvalue weighted by atomic mass is 9.95. The number of nitrogens with one attached hydrogen (secondary N) is 1. The molecular weight excluding hydrogens is 198 g/mol. The van der Waals surface area contributed by atoms with Gasteiger partial charge in [0.05, 0.1) is 17.9 Å². The maximum Gasteiger partial charge on any atom is 0.307 e. The van der Waals surface area contributed by atoms with Crippen molar-refractivity contribution in [1.82, 2.24) is 5.32 Å². The monoisotopic (exact) mass is 215 g/mol. The molecule has 0 saturated heterocycles. The van der Waals surface area contributed by atoms with E-state index in [-0.39, 0.29) is 12.5 Å². The van der Waals surface area contributed by atoms with Crippen LogP contribution in [-0.2, 0) is 9.59 Å². The largest absolute Gasteiger partial charge is 0.481 e. The zero-order valence-corrected chi connectivity index (χ0v) is 8.77. The van der Waals surface area contributed by atoms with Crippen molar-refractivity contribution in [2.24, 2.45) is 11.8 Å². The molecule has 1 rings (SSSR count). The van der Waals surface area contributed by atoms with Gasteiger partial charge in [0.1, 0.15) is 0 Å². The molecule has 0 aromatic carbocycles. The summed E-state index contributed by atoms with van der Waals surface area (Å²) in [6.07, 6.45) is 1.38. The smallest absolute Gasteiger partial charge is 0.307 e. The second-order valence-electron chi connectivity index (χ2n) is 4.08. The van der Waals surface area contributed by atoms with Gasteiger partial charge in [-0.1, -0.05) is 6.42 Å². The van der Waals surface area contributed by atoms with Gasteiger partial charge in [0.15, 0.2) is 0 Å². The lowest BCUT2D eigenvalue weighted by Crippen LogP contribution is -2.38. The summed E-state index contributed by atoms with van der Waals surface area (Å²) in [4.78, 5) is 22.4. The lowest BCUT2D eigenvalue weighted by molar-refractivity contribution is -0.146. The van der Waals surface area contributed by atoms with Crippen molar-refractivity contribution in [3.8, 4) is 0 Å². The van der Waals surface area contributed by atoms with E-state index in [2.05, 4.69) is 5.32 Å². The normalized spacial score (nSPS) is 27.3. The average molecular weight is 215 g/mol. The zero-order chi connectivity index (χ0) is 11.4. The van der Waals surface area contributed by atoms with Gasteiger partial charge in [-0.25, -0.2) is 0 Å². The Morgan fingerprint density at radius 2 is 2.00 bits per heavy atom. The van der Waals surface area contributed by atoms with E-state index in [1.165, 1.54) is 0 Å². The van der Waals surface area contributed by atoms with Crippen LogP contribution in [0.2, 0.25) is 0 Å². The third-order valence-corrected chi connectivity index (χ3v) is 2.74. The number of aliphatic hydroxyl groups excluding tert-OH is 1. The van der Waals surface area contributed by atoms with E-state index >= 15 is 0 Å². The average Bonchev–Trinajstić information content (AvgIpc) is 2.62. The Bertz CT molecular complexity index is 252. The van der Waals surface area contributed by atoms with Crippen molar-refractivity contribution in [2.75, 3.05) is 6.54 Å². The Labute approximate surface area is 88.5 Å². The molecule has 1 saturated carbocycles. The van der Waals surface area contributed by atoms with Gasteiger partial charge >= 0.3 is 5.97 Å². The van der Waals surface area contributed by atoms with Crippen molar-refractivity contribution >= 4 is 11.9 Å². The summed E-state index contributed by atoms with van der Waals surface area (Å²) in [5, 5.41) is 20.4. The van der Waals surface area contributed by atoms with Crippen LogP contribution in [0.4, 0.5) is 0 Å². The molecule has 0 aromatic heterocycles. The molecule has 3 N–H and O–H groups in total. The van der Waals surface area contributed by atoms with Gasteiger partial charge in [-0.15, -0.1) is 0 Å². The molecule has 1 aliphatic carbocycles. The molecule has 15 heavy (non-hydrogen) atoms. The Morgan fingerprint density at radius 1 is 1.40 bits per heavy atom. The first-order valence-corrected chi connectivity index (χ1v) is 5.21. The summed E-state index contributed by atoms with van der Waals surface area (Å²) in [5.74, 6) is -2.13. The van der Waals surface area contributed by atoms with Crippen LogP contribution in [0.1, 0.15) is 26.2 Å². The van der Waals surface area contributed by atoms with Crippen LogP contribution in [0.3, 0.4) is 0 Å². The third kappa shape index (κ3) is 3.20. The van der Waals surface area contributed by atoms with Gasteiger partial charge < -0.3 is 15.5 Å².